The Hall–Kier alpha value is -2.17. The lowest BCUT2D eigenvalue weighted by molar-refractivity contribution is -0.384. The average Bonchev–Trinajstić information content (AvgIpc) is 2.62. The zero-order valence-corrected chi connectivity index (χ0v) is 13.7. The fraction of sp³-hybridized carbons (Fsp3) is 0.588. The SMILES string of the molecule is N#Cc1cc([N+](=O)[O-])ccc1N1CCCC(CN2CCOCC2)C1. The smallest absolute Gasteiger partial charge is 0.270 e. The van der Waals surface area contributed by atoms with E-state index in [9.17, 15) is 15.4 Å². The molecule has 2 aliphatic rings. The van der Waals surface area contributed by atoms with Crippen molar-refractivity contribution in [2.24, 2.45) is 5.92 Å². The standard InChI is InChI=1S/C17H22N4O3/c18-11-15-10-16(21(22)23)3-4-17(15)20-5-1-2-14(13-20)12-19-6-8-24-9-7-19/h3-4,10,14H,1-2,5-9,12-13H2. The number of rotatable bonds is 4. The topological polar surface area (TPSA) is 82.6 Å². The Bertz CT molecular complexity index is 637. The van der Waals surface area contributed by atoms with E-state index in [0.29, 0.717) is 11.5 Å². The summed E-state index contributed by atoms with van der Waals surface area (Å²) in [5, 5.41) is 20.3. The molecule has 2 fully saturated rings. The second-order valence-corrected chi connectivity index (χ2v) is 6.44. The number of benzene rings is 1. The molecule has 0 aromatic heterocycles. The van der Waals surface area contributed by atoms with E-state index in [4.69, 9.17) is 4.74 Å². The quantitative estimate of drug-likeness (QED) is 0.620. The third-order valence-corrected chi connectivity index (χ3v) is 4.79. The Morgan fingerprint density at radius 1 is 1.33 bits per heavy atom. The van der Waals surface area contributed by atoms with Gasteiger partial charge in [0.1, 0.15) is 6.07 Å². The zero-order chi connectivity index (χ0) is 16.9. The van der Waals surface area contributed by atoms with Crippen molar-refractivity contribution < 1.29 is 9.66 Å². The molecule has 1 atom stereocenters. The van der Waals surface area contributed by atoms with Crippen molar-refractivity contribution in [2.75, 3.05) is 50.8 Å². The lowest BCUT2D eigenvalue weighted by Crippen LogP contribution is -2.44. The number of nitrogens with zero attached hydrogens (tertiary/aromatic N) is 4. The van der Waals surface area contributed by atoms with E-state index in [2.05, 4.69) is 15.9 Å². The van der Waals surface area contributed by atoms with Crippen LogP contribution in [0, 0.1) is 27.4 Å². The minimum absolute atomic E-state index is 0.0304. The summed E-state index contributed by atoms with van der Waals surface area (Å²) >= 11 is 0. The van der Waals surface area contributed by atoms with Crippen LogP contribution in [0.4, 0.5) is 11.4 Å². The predicted octanol–water partition coefficient (Wildman–Crippen LogP) is 2.02. The molecule has 7 heteroatoms. The van der Waals surface area contributed by atoms with Gasteiger partial charge < -0.3 is 9.64 Å². The van der Waals surface area contributed by atoms with Crippen LogP contribution in [0.5, 0.6) is 0 Å². The summed E-state index contributed by atoms with van der Waals surface area (Å²) in [6.45, 7) is 6.41. The molecule has 0 amide bonds. The zero-order valence-electron chi connectivity index (χ0n) is 13.7. The van der Waals surface area contributed by atoms with E-state index >= 15 is 0 Å². The molecule has 0 bridgehead atoms. The molecule has 0 spiro atoms. The van der Waals surface area contributed by atoms with Crippen LogP contribution >= 0.6 is 0 Å². The van der Waals surface area contributed by atoms with Gasteiger partial charge in [0, 0.05) is 44.9 Å². The molecule has 0 N–H and O–H groups in total. The van der Waals surface area contributed by atoms with Gasteiger partial charge in [-0.15, -0.1) is 0 Å². The van der Waals surface area contributed by atoms with Gasteiger partial charge in [0.05, 0.1) is 29.4 Å². The van der Waals surface area contributed by atoms with Crippen molar-refractivity contribution in [1.82, 2.24) is 4.90 Å². The van der Waals surface area contributed by atoms with Crippen LogP contribution in [0.2, 0.25) is 0 Å². The highest BCUT2D eigenvalue weighted by Crippen LogP contribution is 2.29. The summed E-state index contributed by atoms with van der Waals surface area (Å²) in [7, 11) is 0. The van der Waals surface area contributed by atoms with Gasteiger partial charge in [-0.25, -0.2) is 0 Å². The molecular weight excluding hydrogens is 308 g/mol. The first-order valence-electron chi connectivity index (χ1n) is 8.41. The van der Waals surface area contributed by atoms with Gasteiger partial charge in [0.25, 0.3) is 5.69 Å². The summed E-state index contributed by atoms with van der Waals surface area (Å²) in [5.41, 5.74) is 1.17. The number of nitro benzene ring substituents is 1. The van der Waals surface area contributed by atoms with Crippen LogP contribution in [0.1, 0.15) is 18.4 Å². The van der Waals surface area contributed by atoms with E-state index in [-0.39, 0.29) is 5.69 Å². The number of hydrogen-bond donors (Lipinski definition) is 0. The minimum Gasteiger partial charge on any atom is -0.379 e. The van der Waals surface area contributed by atoms with Crippen LogP contribution < -0.4 is 4.90 Å². The van der Waals surface area contributed by atoms with E-state index in [1.807, 2.05) is 0 Å². The van der Waals surface area contributed by atoms with Gasteiger partial charge in [-0.1, -0.05) is 0 Å². The molecule has 2 heterocycles. The van der Waals surface area contributed by atoms with Crippen LogP contribution in [0.25, 0.3) is 0 Å². The highest BCUT2D eigenvalue weighted by molar-refractivity contribution is 5.63. The van der Waals surface area contributed by atoms with Crippen molar-refractivity contribution in [3.63, 3.8) is 0 Å². The second-order valence-electron chi connectivity index (χ2n) is 6.44. The number of nitro groups is 1. The lowest BCUT2D eigenvalue weighted by Gasteiger charge is -2.38. The van der Waals surface area contributed by atoms with Gasteiger partial charge in [0.15, 0.2) is 0 Å². The van der Waals surface area contributed by atoms with Crippen LogP contribution in [0.15, 0.2) is 18.2 Å². The van der Waals surface area contributed by atoms with Crippen molar-refractivity contribution in [1.29, 1.82) is 5.26 Å². The molecule has 2 saturated heterocycles. The molecule has 1 aromatic rings. The predicted molar refractivity (Wildman–Crippen MR) is 90.0 cm³/mol. The highest BCUT2D eigenvalue weighted by atomic mass is 16.6. The number of piperidine rings is 1. The monoisotopic (exact) mass is 330 g/mol. The molecule has 24 heavy (non-hydrogen) atoms. The second kappa shape index (κ2) is 7.60. The largest absolute Gasteiger partial charge is 0.379 e. The molecular formula is C17H22N4O3. The number of ether oxygens (including phenoxy) is 1. The number of hydrogen-bond acceptors (Lipinski definition) is 6. The fourth-order valence-electron chi connectivity index (χ4n) is 3.58. The molecule has 2 aliphatic heterocycles. The highest BCUT2D eigenvalue weighted by Gasteiger charge is 2.25. The van der Waals surface area contributed by atoms with Crippen molar-refractivity contribution in [3.8, 4) is 6.07 Å². The Balaban J connectivity index is 1.70. The van der Waals surface area contributed by atoms with Crippen molar-refractivity contribution in [2.45, 2.75) is 12.8 Å². The van der Waals surface area contributed by atoms with E-state index in [0.717, 1.165) is 58.0 Å². The molecule has 0 saturated carbocycles. The van der Waals surface area contributed by atoms with Gasteiger partial charge in [-0.3, -0.25) is 15.0 Å². The molecule has 128 valence electrons. The number of nitriles is 1. The van der Waals surface area contributed by atoms with Crippen molar-refractivity contribution >= 4 is 11.4 Å². The molecule has 0 radical (unpaired) electrons. The molecule has 7 nitrogen and oxygen atoms in total. The fourth-order valence-corrected chi connectivity index (χ4v) is 3.58. The Kier molecular flexibility index (Phi) is 5.28. The van der Waals surface area contributed by atoms with E-state index < -0.39 is 4.92 Å². The van der Waals surface area contributed by atoms with Crippen LogP contribution in [-0.2, 0) is 4.74 Å². The maximum atomic E-state index is 10.9. The third kappa shape index (κ3) is 3.83. The summed E-state index contributed by atoms with van der Waals surface area (Å²) in [6.07, 6.45) is 2.26. The van der Waals surface area contributed by atoms with Crippen molar-refractivity contribution in [3.05, 3.63) is 33.9 Å². The first-order chi connectivity index (χ1) is 11.7. The van der Waals surface area contributed by atoms with Gasteiger partial charge >= 0.3 is 0 Å². The molecule has 3 rings (SSSR count). The first-order valence-corrected chi connectivity index (χ1v) is 8.41. The average molecular weight is 330 g/mol. The first kappa shape index (κ1) is 16.7. The summed E-state index contributed by atoms with van der Waals surface area (Å²) in [4.78, 5) is 15.1. The van der Waals surface area contributed by atoms with Gasteiger partial charge in [-0.2, -0.15) is 5.26 Å². The Morgan fingerprint density at radius 2 is 2.12 bits per heavy atom. The number of non-ortho nitro benzene ring substituents is 1. The van der Waals surface area contributed by atoms with E-state index in [1.54, 1.807) is 6.07 Å². The Labute approximate surface area is 141 Å². The number of anilines is 1. The maximum Gasteiger partial charge on any atom is 0.270 e. The summed E-state index contributed by atoms with van der Waals surface area (Å²) in [6, 6.07) is 6.69. The number of morpholine rings is 1. The van der Waals surface area contributed by atoms with E-state index in [1.165, 1.54) is 18.6 Å². The minimum atomic E-state index is -0.456. The molecule has 1 aromatic carbocycles. The lowest BCUT2D eigenvalue weighted by atomic mass is 9.96. The van der Waals surface area contributed by atoms with Gasteiger partial charge in [-0.05, 0) is 24.8 Å². The summed E-state index contributed by atoms with van der Waals surface area (Å²) < 4.78 is 5.40. The Morgan fingerprint density at radius 3 is 2.83 bits per heavy atom. The maximum absolute atomic E-state index is 10.9. The van der Waals surface area contributed by atoms with Gasteiger partial charge in [0.2, 0.25) is 0 Å². The van der Waals surface area contributed by atoms with Crippen LogP contribution in [-0.4, -0.2) is 55.8 Å². The molecule has 1 unspecified atom stereocenters. The summed E-state index contributed by atoms with van der Waals surface area (Å²) in [5.74, 6) is 0.554. The normalized spacial score (nSPS) is 22.1. The molecule has 0 aliphatic carbocycles. The van der Waals surface area contributed by atoms with Crippen LogP contribution in [0.3, 0.4) is 0 Å². The third-order valence-electron chi connectivity index (χ3n) is 4.79.